The van der Waals surface area contributed by atoms with Gasteiger partial charge in [-0.3, -0.25) is 4.79 Å². The summed E-state index contributed by atoms with van der Waals surface area (Å²) in [5.74, 6) is -0.336. The summed E-state index contributed by atoms with van der Waals surface area (Å²) in [6, 6.07) is 4.43. The van der Waals surface area contributed by atoms with Crippen molar-refractivity contribution in [1.29, 1.82) is 0 Å². The van der Waals surface area contributed by atoms with Crippen LogP contribution in [0.15, 0.2) is 18.2 Å². The molecule has 1 amide bonds. The summed E-state index contributed by atoms with van der Waals surface area (Å²) in [4.78, 5) is 13.9. The standard InChI is InChI=1S/C13H18FNO/c1-5-15(9(2)3)13(16)12-7-6-11(14)8-10(12)4/h6-9H,5H2,1-4H3. The number of carbonyl (C=O) groups is 1. The number of hydrogen-bond acceptors (Lipinski definition) is 1. The van der Waals surface area contributed by atoms with Crippen molar-refractivity contribution >= 4 is 5.91 Å². The lowest BCUT2D eigenvalue weighted by Gasteiger charge is -2.25. The molecule has 0 aliphatic heterocycles. The average molecular weight is 223 g/mol. The van der Waals surface area contributed by atoms with Gasteiger partial charge in [0.1, 0.15) is 5.82 Å². The van der Waals surface area contributed by atoms with Gasteiger partial charge in [0.05, 0.1) is 0 Å². The van der Waals surface area contributed by atoms with Gasteiger partial charge in [0.15, 0.2) is 0 Å². The van der Waals surface area contributed by atoms with Crippen LogP contribution in [0, 0.1) is 12.7 Å². The van der Waals surface area contributed by atoms with E-state index in [0.717, 1.165) is 0 Å². The van der Waals surface area contributed by atoms with E-state index in [2.05, 4.69) is 0 Å². The molecule has 0 radical (unpaired) electrons. The minimum Gasteiger partial charge on any atom is -0.336 e. The molecule has 0 saturated heterocycles. The Bertz CT molecular complexity index is 388. The van der Waals surface area contributed by atoms with Gasteiger partial charge in [-0.05, 0) is 51.5 Å². The molecule has 0 aliphatic rings. The molecule has 0 N–H and O–H groups in total. The van der Waals surface area contributed by atoms with E-state index in [9.17, 15) is 9.18 Å². The molecule has 0 heterocycles. The fraction of sp³-hybridized carbons (Fsp3) is 0.462. The van der Waals surface area contributed by atoms with Crippen LogP contribution in [0.2, 0.25) is 0 Å². The molecule has 0 saturated carbocycles. The maximum absolute atomic E-state index is 12.9. The summed E-state index contributed by atoms with van der Waals surface area (Å²) in [5.41, 5.74) is 1.26. The van der Waals surface area contributed by atoms with Crippen LogP contribution in [-0.4, -0.2) is 23.4 Å². The van der Waals surface area contributed by atoms with Gasteiger partial charge in [0.25, 0.3) is 5.91 Å². The Hall–Kier alpha value is -1.38. The van der Waals surface area contributed by atoms with Crippen LogP contribution >= 0.6 is 0 Å². The highest BCUT2D eigenvalue weighted by atomic mass is 19.1. The van der Waals surface area contributed by atoms with E-state index in [1.165, 1.54) is 12.1 Å². The maximum atomic E-state index is 12.9. The topological polar surface area (TPSA) is 20.3 Å². The molecule has 0 atom stereocenters. The lowest BCUT2D eigenvalue weighted by molar-refractivity contribution is 0.0716. The van der Waals surface area contributed by atoms with Crippen LogP contribution in [0.25, 0.3) is 0 Å². The van der Waals surface area contributed by atoms with Crippen LogP contribution in [0.4, 0.5) is 4.39 Å². The summed E-state index contributed by atoms with van der Waals surface area (Å²) in [7, 11) is 0. The van der Waals surface area contributed by atoms with Crippen molar-refractivity contribution in [3.05, 3.63) is 35.1 Å². The number of halogens is 1. The van der Waals surface area contributed by atoms with Crippen LogP contribution < -0.4 is 0 Å². The third-order valence-corrected chi connectivity index (χ3v) is 2.64. The second-order valence-corrected chi connectivity index (χ2v) is 4.14. The average Bonchev–Trinajstić information content (AvgIpc) is 2.17. The van der Waals surface area contributed by atoms with Crippen LogP contribution in [0.1, 0.15) is 36.7 Å². The summed E-state index contributed by atoms with van der Waals surface area (Å²) in [5, 5.41) is 0. The highest BCUT2D eigenvalue weighted by molar-refractivity contribution is 5.95. The maximum Gasteiger partial charge on any atom is 0.254 e. The molecule has 0 fully saturated rings. The first kappa shape index (κ1) is 12.7. The number of amides is 1. The van der Waals surface area contributed by atoms with Gasteiger partial charge >= 0.3 is 0 Å². The van der Waals surface area contributed by atoms with Gasteiger partial charge in [-0.15, -0.1) is 0 Å². The Morgan fingerprint density at radius 1 is 1.44 bits per heavy atom. The Morgan fingerprint density at radius 3 is 2.50 bits per heavy atom. The Kier molecular flexibility index (Phi) is 4.05. The molecule has 0 spiro atoms. The van der Waals surface area contributed by atoms with Crippen molar-refractivity contribution in [3.8, 4) is 0 Å². The molecule has 0 bridgehead atoms. The molecule has 1 aromatic carbocycles. The highest BCUT2D eigenvalue weighted by Crippen LogP contribution is 2.14. The molecule has 0 aromatic heterocycles. The summed E-state index contributed by atoms with van der Waals surface area (Å²) in [6.45, 7) is 8.30. The number of benzene rings is 1. The predicted molar refractivity (Wildman–Crippen MR) is 63.0 cm³/mol. The minimum absolute atomic E-state index is 0.0324. The van der Waals surface area contributed by atoms with Gasteiger partial charge in [0, 0.05) is 18.2 Å². The van der Waals surface area contributed by atoms with E-state index in [0.29, 0.717) is 17.7 Å². The van der Waals surface area contributed by atoms with Crippen molar-refractivity contribution in [2.75, 3.05) is 6.54 Å². The van der Waals surface area contributed by atoms with Crippen molar-refractivity contribution < 1.29 is 9.18 Å². The summed E-state index contributed by atoms with van der Waals surface area (Å²) >= 11 is 0. The van der Waals surface area contributed by atoms with E-state index in [4.69, 9.17) is 0 Å². The number of hydrogen-bond donors (Lipinski definition) is 0. The summed E-state index contributed by atoms with van der Waals surface area (Å²) < 4.78 is 12.9. The van der Waals surface area contributed by atoms with Gasteiger partial charge in [-0.2, -0.15) is 0 Å². The fourth-order valence-electron chi connectivity index (χ4n) is 1.77. The Labute approximate surface area is 96.1 Å². The predicted octanol–water partition coefficient (Wildman–Crippen LogP) is 3.00. The molecule has 88 valence electrons. The van der Waals surface area contributed by atoms with Gasteiger partial charge in [0.2, 0.25) is 0 Å². The minimum atomic E-state index is -0.304. The second-order valence-electron chi connectivity index (χ2n) is 4.14. The zero-order valence-electron chi connectivity index (χ0n) is 10.2. The first-order valence-corrected chi connectivity index (χ1v) is 5.54. The lowest BCUT2D eigenvalue weighted by Crippen LogP contribution is -2.37. The second kappa shape index (κ2) is 5.10. The van der Waals surface area contributed by atoms with Gasteiger partial charge in [-0.25, -0.2) is 4.39 Å². The Balaban J connectivity index is 3.04. The van der Waals surface area contributed by atoms with E-state index >= 15 is 0 Å². The normalized spacial score (nSPS) is 10.6. The fourth-order valence-corrected chi connectivity index (χ4v) is 1.77. The number of nitrogens with zero attached hydrogens (tertiary/aromatic N) is 1. The molecule has 2 nitrogen and oxygen atoms in total. The van der Waals surface area contributed by atoms with Crippen LogP contribution in [-0.2, 0) is 0 Å². The Morgan fingerprint density at radius 2 is 2.06 bits per heavy atom. The molecule has 1 rings (SSSR count). The molecule has 0 unspecified atom stereocenters. The number of aryl methyl sites for hydroxylation is 1. The lowest BCUT2D eigenvalue weighted by atomic mass is 10.1. The third kappa shape index (κ3) is 2.60. The van der Waals surface area contributed by atoms with Crippen LogP contribution in [0.3, 0.4) is 0 Å². The highest BCUT2D eigenvalue weighted by Gasteiger charge is 2.18. The first-order chi connectivity index (χ1) is 7.47. The molecule has 1 aromatic rings. The molecule has 0 aliphatic carbocycles. The number of carbonyl (C=O) groups excluding carboxylic acids is 1. The van der Waals surface area contributed by atoms with E-state index in [1.54, 1.807) is 17.9 Å². The monoisotopic (exact) mass is 223 g/mol. The largest absolute Gasteiger partial charge is 0.336 e. The quantitative estimate of drug-likeness (QED) is 0.771. The first-order valence-electron chi connectivity index (χ1n) is 5.54. The van der Waals surface area contributed by atoms with Crippen molar-refractivity contribution in [3.63, 3.8) is 0 Å². The van der Waals surface area contributed by atoms with E-state index in [-0.39, 0.29) is 17.8 Å². The molecule has 16 heavy (non-hydrogen) atoms. The van der Waals surface area contributed by atoms with E-state index < -0.39 is 0 Å². The molecule has 3 heteroatoms. The van der Waals surface area contributed by atoms with Gasteiger partial charge in [-0.1, -0.05) is 0 Å². The zero-order valence-corrected chi connectivity index (χ0v) is 10.2. The SMILES string of the molecule is CCN(C(=O)c1ccc(F)cc1C)C(C)C. The van der Waals surface area contributed by atoms with E-state index in [1.807, 2.05) is 20.8 Å². The van der Waals surface area contributed by atoms with Crippen molar-refractivity contribution in [2.45, 2.75) is 33.7 Å². The van der Waals surface area contributed by atoms with Gasteiger partial charge < -0.3 is 4.90 Å². The summed E-state index contributed by atoms with van der Waals surface area (Å²) in [6.07, 6.45) is 0. The smallest absolute Gasteiger partial charge is 0.254 e. The van der Waals surface area contributed by atoms with Crippen LogP contribution in [0.5, 0.6) is 0 Å². The molecular formula is C13H18FNO. The third-order valence-electron chi connectivity index (χ3n) is 2.64. The zero-order chi connectivity index (χ0) is 12.3. The molecular weight excluding hydrogens is 205 g/mol. The van der Waals surface area contributed by atoms with Crippen molar-refractivity contribution in [1.82, 2.24) is 4.90 Å². The van der Waals surface area contributed by atoms with Crippen molar-refractivity contribution in [2.24, 2.45) is 0 Å². The number of rotatable bonds is 3.